The van der Waals surface area contributed by atoms with E-state index in [2.05, 4.69) is 123 Å². The van der Waals surface area contributed by atoms with Crippen molar-refractivity contribution in [1.29, 1.82) is 0 Å². The molecule has 1 aliphatic heterocycles. The van der Waals surface area contributed by atoms with Crippen LogP contribution in [0.5, 0.6) is 0 Å². The van der Waals surface area contributed by atoms with E-state index in [1.807, 2.05) is 25.6 Å². The first kappa shape index (κ1) is 34.7. The monoisotopic (exact) mass is 497 g/mol. The number of nitrogens with one attached hydrogen (secondary N) is 1. The van der Waals surface area contributed by atoms with Crippen molar-refractivity contribution in [2.24, 2.45) is 4.99 Å². The molecule has 0 spiro atoms. The summed E-state index contributed by atoms with van der Waals surface area (Å²) in [5, 5.41) is 3.07. The highest BCUT2D eigenvalue weighted by atomic mass is 32.2. The molecule has 3 rings (SSSR count). The molecule has 0 unspecified atom stereocenters. The maximum atomic E-state index is 10.3. The number of hydrogen-bond acceptors (Lipinski definition) is 5. The van der Waals surface area contributed by atoms with Gasteiger partial charge in [0.2, 0.25) is 0 Å². The number of hydrogen-bond donors (Lipinski definition) is 1. The third kappa shape index (κ3) is 14.5. The van der Waals surface area contributed by atoms with Gasteiger partial charge in [-0.05, 0) is 31.1 Å². The Morgan fingerprint density at radius 2 is 1.49 bits per heavy atom. The summed E-state index contributed by atoms with van der Waals surface area (Å²) in [4.78, 5) is 16.5. The van der Waals surface area contributed by atoms with Gasteiger partial charge in [-0.15, -0.1) is 24.9 Å². The van der Waals surface area contributed by atoms with E-state index in [1.54, 1.807) is 0 Å². The van der Waals surface area contributed by atoms with E-state index >= 15 is 0 Å². The van der Waals surface area contributed by atoms with Gasteiger partial charge in [0.25, 0.3) is 0 Å². The second-order valence-corrected chi connectivity index (χ2v) is 8.12. The van der Waals surface area contributed by atoms with Crippen molar-refractivity contribution in [1.82, 2.24) is 10.2 Å². The Bertz CT molecular complexity index is 734. The maximum Gasteiger partial charge on any atom is 0.149 e. The first-order valence-corrected chi connectivity index (χ1v) is 13.7. The minimum atomic E-state index is 0.333. The molecule has 2 aromatic rings. The summed E-state index contributed by atoms with van der Waals surface area (Å²) >= 11 is 1.85. The molecule has 0 radical (unpaired) electrons. The summed E-state index contributed by atoms with van der Waals surface area (Å²) < 4.78 is 0. The number of rotatable bonds is 7. The van der Waals surface area contributed by atoms with Crippen molar-refractivity contribution >= 4 is 24.8 Å². The number of aldehydes is 1. The van der Waals surface area contributed by atoms with Crippen LogP contribution in [-0.4, -0.2) is 50.2 Å². The molecule has 4 nitrogen and oxygen atoms in total. The van der Waals surface area contributed by atoms with E-state index in [0.29, 0.717) is 12.6 Å². The number of carbonyl (C=O) groups excluding carboxylic acids is 1. The minimum Gasteiger partial charge on any atom is -0.312 e. The zero-order valence-electron chi connectivity index (χ0n) is 22.8. The van der Waals surface area contributed by atoms with Crippen LogP contribution in [-0.2, 0) is 4.79 Å². The lowest BCUT2D eigenvalue weighted by molar-refractivity contribution is -0.105. The standard InChI is InChI=1S/C16H19NS.C7H10N2O.C3H8.C2H6.C2H4/c1-17(13-18-2)16(14-9-5-3-6-10-14)15-11-7-4-8-12-15;1-8-7-2-3-9-4-6(7)5-10;1-3-2;2*1-2/h3-12,16H,13H2,1-2H3;5,9H,1-4H2;3H2,1-2H3;1-2H3;1-2H2. The van der Waals surface area contributed by atoms with E-state index < -0.39 is 0 Å². The van der Waals surface area contributed by atoms with Crippen LogP contribution in [0.4, 0.5) is 0 Å². The Morgan fingerprint density at radius 1 is 1.03 bits per heavy atom. The summed E-state index contributed by atoms with van der Waals surface area (Å²) in [6.07, 6.45) is 5.05. The van der Waals surface area contributed by atoms with Crippen molar-refractivity contribution in [3.63, 3.8) is 0 Å². The van der Waals surface area contributed by atoms with Gasteiger partial charge in [-0.25, -0.2) is 0 Å². The quantitative estimate of drug-likeness (QED) is 0.187. The molecule has 35 heavy (non-hydrogen) atoms. The lowest BCUT2D eigenvalue weighted by Crippen LogP contribution is -2.25. The number of benzene rings is 2. The van der Waals surface area contributed by atoms with Crippen LogP contribution in [0, 0.1) is 0 Å². The van der Waals surface area contributed by atoms with Crippen molar-refractivity contribution < 1.29 is 4.79 Å². The van der Waals surface area contributed by atoms with Crippen LogP contribution in [0.25, 0.3) is 0 Å². The zero-order valence-corrected chi connectivity index (χ0v) is 23.6. The summed E-state index contributed by atoms with van der Waals surface area (Å²) in [5.41, 5.74) is 4.27. The number of nitrogens with zero attached hydrogens (tertiary/aromatic N) is 2. The maximum absolute atomic E-state index is 10.3. The molecule has 0 bridgehead atoms. The van der Waals surface area contributed by atoms with Gasteiger partial charge >= 0.3 is 0 Å². The highest BCUT2D eigenvalue weighted by molar-refractivity contribution is 7.98. The number of thioether (sulfide) groups is 1. The molecule has 0 atom stereocenters. The van der Waals surface area contributed by atoms with E-state index in [0.717, 1.165) is 36.4 Å². The SMILES string of the molecule is C=C.C=NC1=C(C=O)CNCC1.CC.CCC.CSCN(C)C(c1ccccc1)c1ccccc1. The smallest absolute Gasteiger partial charge is 0.149 e. The molecule has 194 valence electrons. The fourth-order valence-electron chi connectivity index (χ4n) is 3.23. The molecule has 5 heteroatoms. The Kier molecular flexibility index (Phi) is 24.4. The molecule has 1 heterocycles. The van der Waals surface area contributed by atoms with Crippen LogP contribution >= 0.6 is 11.8 Å². The molecule has 0 amide bonds. The van der Waals surface area contributed by atoms with Gasteiger partial charge in [-0.3, -0.25) is 14.7 Å². The largest absolute Gasteiger partial charge is 0.312 e. The van der Waals surface area contributed by atoms with Gasteiger partial charge in [0.1, 0.15) is 6.29 Å². The molecule has 2 aromatic carbocycles. The van der Waals surface area contributed by atoms with Crippen LogP contribution in [0.2, 0.25) is 0 Å². The Morgan fingerprint density at radius 3 is 1.83 bits per heavy atom. The molecular formula is C30H47N3OS. The third-order valence-corrected chi connectivity index (χ3v) is 5.23. The molecule has 0 aliphatic carbocycles. The predicted octanol–water partition coefficient (Wildman–Crippen LogP) is 7.41. The Balaban J connectivity index is 0. The molecule has 1 aliphatic rings. The van der Waals surface area contributed by atoms with E-state index in [1.165, 1.54) is 17.5 Å². The van der Waals surface area contributed by atoms with Crippen molar-refractivity contribution in [3.8, 4) is 0 Å². The van der Waals surface area contributed by atoms with Gasteiger partial charge < -0.3 is 5.32 Å². The average molecular weight is 498 g/mol. The lowest BCUT2D eigenvalue weighted by Gasteiger charge is -2.28. The second kappa shape index (κ2) is 24.6. The zero-order chi connectivity index (χ0) is 26.9. The van der Waals surface area contributed by atoms with Gasteiger partial charge in [0.05, 0.1) is 6.04 Å². The summed E-state index contributed by atoms with van der Waals surface area (Å²) in [6, 6.07) is 21.7. The van der Waals surface area contributed by atoms with Crippen LogP contribution in [0.15, 0.2) is 90.1 Å². The van der Waals surface area contributed by atoms with Crippen LogP contribution in [0.3, 0.4) is 0 Å². The van der Waals surface area contributed by atoms with E-state index in [9.17, 15) is 4.79 Å². The van der Waals surface area contributed by atoms with Crippen LogP contribution in [0.1, 0.15) is 57.7 Å². The van der Waals surface area contributed by atoms with Gasteiger partial charge in [0, 0.05) is 36.7 Å². The van der Waals surface area contributed by atoms with Gasteiger partial charge in [-0.2, -0.15) is 0 Å². The fraction of sp³-hybridized carbons (Fsp3) is 0.400. The molecular weight excluding hydrogens is 450 g/mol. The molecule has 0 fully saturated rings. The van der Waals surface area contributed by atoms with Crippen molar-refractivity contribution in [3.05, 3.63) is 96.2 Å². The first-order chi connectivity index (χ1) is 17.1. The third-order valence-electron chi connectivity index (χ3n) is 4.56. The fourth-order valence-corrected chi connectivity index (χ4v) is 3.79. The highest BCUT2D eigenvalue weighted by Gasteiger charge is 2.18. The molecule has 0 saturated carbocycles. The highest BCUT2D eigenvalue weighted by Crippen LogP contribution is 2.28. The first-order valence-electron chi connectivity index (χ1n) is 12.3. The van der Waals surface area contributed by atoms with Gasteiger partial charge in [0.15, 0.2) is 0 Å². The van der Waals surface area contributed by atoms with E-state index in [-0.39, 0.29) is 0 Å². The van der Waals surface area contributed by atoms with Crippen molar-refractivity contribution in [2.45, 2.75) is 46.6 Å². The summed E-state index contributed by atoms with van der Waals surface area (Å²) in [6.45, 7) is 19.2. The predicted molar refractivity (Wildman–Crippen MR) is 160 cm³/mol. The van der Waals surface area contributed by atoms with E-state index in [4.69, 9.17) is 0 Å². The Hall–Kier alpha value is -2.47. The summed E-state index contributed by atoms with van der Waals surface area (Å²) in [7, 11) is 2.18. The summed E-state index contributed by atoms with van der Waals surface area (Å²) in [5.74, 6) is 1.02. The minimum absolute atomic E-state index is 0.333. The second-order valence-electron chi connectivity index (χ2n) is 7.28. The molecule has 1 N–H and O–H groups in total. The Labute approximate surface area is 219 Å². The number of aliphatic imine (C=N–C) groups is 1. The molecule has 0 aromatic heterocycles. The normalized spacial score (nSPS) is 11.9. The average Bonchev–Trinajstić information content (AvgIpc) is 2.93. The topological polar surface area (TPSA) is 44.7 Å². The lowest BCUT2D eigenvalue weighted by atomic mass is 9.98. The van der Waals surface area contributed by atoms with Gasteiger partial charge in [-0.1, -0.05) is 94.8 Å². The molecule has 0 saturated heterocycles. The van der Waals surface area contributed by atoms with Crippen molar-refractivity contribution in [2.75, 3.05) is 32.3 Å². The number of carbonyl (C=O) groups is 1. The van der Waals surface area contributed by atoms with Crippen LogP contribution < -0.4 is 5.32 Å².